The first kappa shape index (κ1) is 12.9. The van der Waals surface area contributed by atoms with Crippen molar-refractivity contribution in [3.63, 3.8) is 0 Å². The Labute approximate surface area is 104 Å². The van der Waals surface area contributed by atoms with E-state index in [-0.39, 0.29) is 6.54 Å². The van der Waals surface area contributed by atoms with E-state index in [4.69, 9.17) is 0 Å². The lowest BCUT2D eigenvalue weighted by molar-refractivity contribution is -0.902. The summed E-state index contributed by atoms with van der Waals surface area (Å²) in [5.41, 5.74) is 1.09. The Morgan fingerprint density at radius 3 is 2.88 bits per heavy atom. The third-order valence-corrected chi connectivity index (χ3v) is 2.66. The van der Waals surface area contributed by atoms with Crippen LogP contribution in [-0.4, -0.2) is 19.1 Å². The van der Waals surface area contributed by atoms with Gasteiger partial charge in [-0.3, -0.25) is 0 Å². The van der Waals surface area contributed by atoms with Crippen LogP contribution in [-0.2, 0) is 11.3 Å². The minimum Gasteiger partial charge on any atom is -0.544 e. The quantitative estimate of drug-likeness (QED) is 0.733. The molecule has 0 radical (unpaired) electrons. The Kier molecular flexibility index (Phi) is 5.22. The highest BCUT2D eigenvalue weighted by atomic mass is 79.9. The first-order valence-corrected chi connectivity index (χ1v) is 5.80. The molecule has 1 aromatic carbocycles. The van der Waals surface area contributed by atoms with E-state index in [1.807, 2.05) is 24.3 Å². The number of quaternary nitrogens is 1. The molecule has 1 aromatic rings. The Morgan fingerprint density at radius 1 is 1.56 bits per heavy atom. The predicted octanol–water partition coefficient (Wildman–Crippen LogP) is -0.230. The van der Waals surface area contributed by atoms with Crippen LogP contribution in [0.2, 0.25) is 0 Å². The minimum atomic E-state index is -1.04. The van der Waals surface area contributed by atoms with Gasteiger partial charge >= 0.3 is 0 Å². The second-order valence-electron chi connectivity index (χ2n) is 3.60. The van der Waals surface area contributed by atoms with Gasteiger partial charge in [-0.05, 0) is 18.2 Å². The predicted molar refractivity (Wildman–Crippen MR) is 63.7 cm³/mol. The molecule has 1 rings (SSSR count). The van der Waals surface area contributed by atoms with Crippen LogP contribution in [0.15, 0.2) is 41.4 Å². The highest BCUT2D eigenvalue weighted by Gasteiger charge is 2.08. The van der Waals surface area contributed by atoms with Gasteiger partial charge in [-0.1, -0.05) is 34.6 Å². The summed E-state index contributed by atoms with van der Waals surface area (Å²) in [5.74, 6) is -1.04. The summed E-state index contributed by atoms with van der Waals surface area (Å²) in [6.45, 7) is 4.89. The normalized spacial score (nSPS) is 12.1. The summed E-state index contributed by atoms with van der Waals surface area (Å²) in [6, 6.07) is 7.83. The minimum absolute atomic E-state index is 0.00146. The van der Waals surface area contributed by atoms with Gasteiger partial charge in [-0.2, -0.15) is 0 Å². The molecule has 0 aliphatic carbocycles. The van der Waals surface area contributed by atoms with Crippen LogP contribution in [0.1, 0.15) is 5.56 Å². The average molecular weight is 284 g/mol. The molecule has 1 atom stereocenters. The van der Waals surface area contributed by atoms with E-state index in [9.17, 15) is 9.90 Å². The summed E-state index contributed by atoms with van der Waals surface area (Å²) in [5, 5.41) is 10.6. The molecule has 0 spiro atoms. The largest absolute Gasteiger partial charge is 0.544 e. The van der Waals surface area contributed by atoms with Crippen molar-refractivity contribution in [2.24, 2.45) is 0 Å². The standard InChI is InChI=1S/C12H14BrNO2/c1-2-6-14(9-12(15)16)8-10-4-3-5-11(13)7-10/h2-5,7H,1,6,8-9H2,(H,15,16). The maximum Gasteiger partial charge on any atom is 0.118 e. The van der Waals surface area contributed by atoms with Crippen molar-refractivity contribution in [1.82, 2.24) is 0 Å². The summed E-state index contributed by atoms with van der Waals surface area (Å²) >= 11 is 3.38. The number of benzene rings is 1. The van der Waals surface area contributed by atoms with Crippen LogP contribution >= 0.6 is 15.9 Å². The Morgan fingerprint density at radius 2 is 2.31 bits per heavy atom. The van der Waals surface area contributed by atoms with Crippen LogP contribution in [0.5, 0.6) is 0 Å². The second kappa shape index (κ2) is 6.45. The molecule has 0 aliphatic rings. The molecule has 16 heavy (non-hydrogen) atoms. The van der Waals surface area contributed by atoms with Gasteiger partial charge in [0.25, 0.3) is 0 Å². The zero-order valence-corrected chi connectivity index (χ0v) is 10.5. The number of rotatable bonds is 6. The molecule has 1 N–H and O–H groups in total. The van der Waals surface area contributed by atoms with Gasteiger partial charge < -0.3 is 14.8 Å². The molecule has 0 aliphatic heterocycles. The maximum absolute atomic E-state index is 10.6. The topological polar surface area (TPSA) is 44.6 Å². The molecule has 0 bridgehead atoms. The molecule has 0 amide bonds. The first-order chi connectivity index (χ1) is 7.61. The second-order valence-corrected chi connectivity index (χ2v) is 4.51. The number of carboxylic acids is 1. The van der Waals surface area contributed by atoms with Crippen molar-refractivity contribution in [1.29, 1.82) is 0 Å². The Balaban J connectivity index is 2.66. The molecule has 86 valence electrons. The van der Waals surface area contributed by atoms with Crippen LogP contribution in [0, 0.1) is 0 Å². The molecule has 1 unspecified atom stereocenters. The van der Waals surface area contributed by atoms with Gasteiger partial charge in [0.15, 0.2) is 0 Å². The van der Waals surface area contributed by atoms with E-state index in [0.29, 0.717) is 13.1 Å². The average Bonchev–Trinajstić information content (AvgIpc) is 2.16. The zero-order valence-electron chi connectivity index (χ0n) is 8.91. The fraction of sp³-hybridized carbons (Fsp3) is 0.250. The molecule has 0 fully saturated rings. The Hall–Kier alpha value is -1.13. The van der Waals surface area contributed by atoms with Crippen LogP contribution in [0.4, 0.5) is 0 Å². The van der Waals surface area contributed by atoms with Crippen LogP contribution in [0.3, 0.4) is 0 Å². The number of carbonyl (C=O) groups is 1. The van der Waals surface area contributed by atoms with E-state index in [1.54, 1.807) is 6.08 Å². The fourth-order valence-corrected chi connectivity index (χ4v) is 2.00. The van der Waals surface area contributed by atoms with Crippen molar-refractivity contribution in [3.8, 4) is 0 Å². The number of carboxylic acid groups (broad SMARTS) is 1. The van der Waals surface area contributed by atoms with Gasteiger partial charge in [0, 0.05) is 10.0 Å². The number of hydrogen-bond acceptors (Lipinski definition) is 2. The molecule has 4 heteroatoms. The first-order valence-electron chi connectivity index (χ1n) is 5.00. The van der Waals surface area contributed by atoms with Crippen molar-refractivity contribution in [2.75, 3.05) is 13.1 Å². The van der Waals surface area contributed by atoms with Gasteiger partial charge in [0.2, 0.25) is 0 Å². The molecule has 0 saturated heterocycles. The van der Waals surface area contributed by atoms with Crippen LogP contribution < -0.4 is 10.0 Å². The van der Waals surface area contributed by atoms with E-state index in [2.05, 4.69) is 22.5 Å². The van der Waals surface area contributed by atoms with E-state index >= 15 is 0 Å². The summed E-state index contributed by atoms with van der Waals surface area (Å²) in [6.07, 6.45) is 1.72. The summed E-state index contributed by atoms with van der Waals surface area (Å²) in [4.78, 5) is 11.5. The summed E-state index contributed by atoms with van der Waals surface area (Å²) < 4.78 is 0.997. The highest BCUT2D eigenvalue weighted by molar-refractivity contribution is 9.10. The summed E-state index contributed by atoms with van der Waals surface area (Å²) in [7, 11) is 0. The number of carbonyl (C=O) groups excluding carboxylic acids is 1. The fourth-order valence-electron chi connectivity index (χ4n) is 1.55. The number of nitrogens with one attached hydrogen (secondary N) is 1. The van der Waals surface area contributed by atoms with Crippen LogP contribution in [0.25, 0.3) is 0 Å². The van der Waals surface area contributed by atoms with Crippen molar-refractivity contribution < 1.29 is 14.8 Å². The highest BCUT2D eigenvalue weighted by Crippen LogP contribution is 2.10. The lowest BCUT2D eigenvalue weighted by Gasteiger charge is -2.18. The van der Waals surface area contributed by atoms with Crippen molar-refractivity contribution in [3.05, 3.63) is 47.0 Å². The van der Waals surface area contributed by atoms with Gasteiger partial charge in [-0.25, -0.2) is 0 Å². The zero-order chi connectivity index (χ0) is 12.0. The third kappa shape index (κ3) is 4.59. The molecule has 0 aromatic heterocycles. The van der Waals surface area contributed by atoms with Gasteiger partial charge in [-0.15, -0.1) is 0 Å². The molecule has 0 saturated carbocycles. The SMILES string of the molecule is C=CC[NH+](CC(=O)[O-])Cc1cccc(Br)c1. The smallest absolute Gasteiger partial charge is 0.118 e. The third-order valence-electron chi connectivity index (χ3n) is 2.17. The molecule has 3 nitrogen and oxygen atoms in total. The Bertz CT molecular complexity index is 379. The lowest BCUT2D eigenvalue weighted by Crippen LogP contribution is -3.11. The molecular weight excluding hydrogens is 270 g/mol. The van der Waals surface area contributed by atoms with E-state index in [0.717, 1.165) is 14.9 Å². The molecule has 0 heterocycles. The number of halogens is 1. The molecular formula is C12H14BrNO2. The lowest BCUT2D eigenvalue weighted by atomic mass is 10.2. The number of hydrogen-bond donors (Lipinski definition) is 1. The van der Waals surface area contributed by atoms with Gasteiger partial charge in [0.1, 0.15) is 13.1 Å². The van der Waals surface area contributed by atoms with E-state index < -0.39 is 5.97 Å². The number of aliphatic carboxylic acids is 1. The van der Waals surface area contributed by atoms with Crippen molar-refractivity contribution in [2.45, 2.75) is 6.54 Å². The maximum atomic E-state index is 10.6. The van der Waals surface area contributed by atoms with Crippen molar-refractivity contribution >= 4 is 21.9 Å². The van der Waals surface area contributed by atoms with Gasteiger partial charge in [0.05, 0.1) is 12.5 Å². The monoisotopic (exact) mass is 283 g/mol. The van der Waals surface area contributed by atoms with E-state index in [1.165, 1.54) is 0 Å².